The predicted octanol–water partition coefficient (Wildman–Crippen LogP) is 4.73. The van der Waals surface area contributed by atoms with Crippen molar-refractivity contribution in [2.24, 2.45) is 0 Å². The molecule has 0 saturated heterocycles. The Balaban J connectivity index is 1.64. The van der Waals surface area contributed by atoms with E-state index in [0.29, 0.717) is 12.6 Å². The van der Waals surface area contributed by atoms with Crippen molar-refractivity contribution in [1.82, 2.24) is 15.6 Å². The lowest BCUT2D eigenvalue weighted by atomic mass is 9.84. The van der Waals surface area contributed by atoms with Crippen molar-refractivity contribution < 1.29 is 4.79 Å². The largest absolute Gasteiger partial charge is 0.361 e. The number of aromatic nitrogens is 1. The average molecular weight is 348 g/mol. The fourth-order valence-corrected chi connectivity index (χ4v) is 3.70. The zero-order valence-corrected chi connectivity index (χ0v) is 15.2. The van der Waals surface area contributed by atoms with Crippen LogP contribution in [0, 0.1) is 0 Å². The van der Waals surface area contributed by atoms with Crippen LogP contribution in [0.1, 0.15) is 51.5 Å². The van der Waals surface area contributed by atoms with E-state index in [2.05, 4.69) is 29.5 Å². The Morgan fingerprint density at radius 1 is 1.29 bits per heavy atom. The smallest absolute Gasteiger partial charge is 0.315 e. The van der Waals surface area contributed by atoms with Gasteiger partial charge in [0.1, 0.15) is 0 Å². The molecule has 0 spiro atoms. The Kier molecular flexibility index (Phi) is 5.04. The van der Waals surface area contributed by atoms with Crippen LogP contribution in [0.3, 0.4) is 0 Å². The molecule has 24 heavy (non-hydrogen) atoms. The van der Waals surface area contributed by atoms with Crippen molar-refractivity contribution in [1.29, 1.82) is 0 Å². The standard InChI is InChI=1S/C19H26ClN3O/c1-19(2,12-22-18(24)23-14-6-4-3-5-7-14)16-11-21-17-9-8-13(20)10-15(16)17/h8-11,14,21H,3-7,12H2,1-2H3,(H2,22,23,24). The van der Waals surface area contributed by atoms with Crippen LogP contribution in [0.25, 0.3) is 10.9 Å². The summed E-state index contributed by atoms with van der Waals surface area (Å²) in [7, 11) is 0. The number of hydrogen-bond acceptors (Lipinski definition) is 1. The van der Waals surface area contributed by atoms with E-state index in [-0.39, 0.29) is 11.4 Å². The third-order valence-corrected chi connectivity index (χ3v) is 5.24. The van der Waals surface area contributed by atoms with Crippen LogP contribution in [0.2, 0.25) is 5.02 Å². The molecule has 1 aliphatic carbocycles. The molecule has 0 bridgehead atoms. The average Bonchev–Trinajstić information content (AvgIpc) is 2.98. The van der Waals surface area contributed by atoms with Crippen LogP contribution in [0.15, 0.2) is 24.4 Å². The SMILES string of the molecule is CC(C)(CNC(=O)NC1CCCCC1)c1c[nH]c2ccc(Cl)cc12. The molecule has 1 aromatic carbocycles. The molecule has 1 fully saturated rings. The molecule has 1 heterocycles. The summed E-state index contributed by atoms with van der Waals surface area (Å²) in [6, 6.07) is 6.11. The zero-order chi connectivity index (χ0) is 17.2. The Hall–Kier alpha value is -1.68. The van der Waals surface area contributed by atoms with E-state index < -0.39 is 0 Å². The zero-order valence-electron chi connectivity index (χ0n) is 14.4. The van der Waals surface area contributed by atoms with Crippen LogP contribution in [-0.4, -0.2) is 23.6 Å². The number of benzene rings is 1. The van der Waals surface area contributed by atoms with Crippen LogP contribution in [0.5, 0.6) is 0 Å². The van der Waals surface area contributed by atoms with Crippen LogP contribution in [-0.2, 0) is 5.41 Å². The minimum Gasteiger partial charge on any atom is -0.361 e. The molecule has 5 heteroatoms. The number of urea groups is 1. The van der Waals surface area contributed by atoms with Crippen molar-refractivity contribution in [2.75, 3.05) is 6.54 Å². The number of rotatable bonds is 4. The molecule has 0 atom stereocenters. The van der Waals surface area contributed by atoms with Gasteiger partial charge in [-0.2, -0.15) is 0 Å². The highest BCUT2D eigenvalue weighted by atomic mass is 35.5. The molecule has 0 unspecified atom stereocenters. The number of fused-ring (bicyclic) bond motifs is 1. The second-order valence-electron chi connectivity index (χ2n) is 7.44. The first-order valence-corrected chi connectivity index (χ1v) is 9.15. The lowest BCUT2D eigenvalue weighted by Gasteiger charge is -2.27. The summed E-state index contributed by atoms with van der Waals surface area (Å²) in [6.45, 7) is 4.85. The molecule has 4 nitrogen and oxygen atoms in total. The first kappa shape index (κ1) is 17.2. The van der Waals surface area contributed by atoms with Gasteiger partial charge in [-0.3, -0.25) is 0 Å². The Morgan fingerprint density at radius 2 is 2.04 bits per heavy atom. The first-order valence-electron chi connectivity index (χ1n) is 8.77. The molecular formula is C19H26ClN3O. The molecule has 130 valence electrons. The summed E-state index contributed by atoms with van der Waals surface area (Å²) in [5, 5.41) is 7.98. The van der Waals surface area contributed by atoms with Crippen molar-refractivity contribution in [3.63, 3.8) is 0 Å². The fraction of sp³-hybridized carbons (Fsp3) is 0.526. The van der Waals surface area contributed by atoms with Gasteiger partial charge in [0.15, 0.2) is 0 Å². The summed E-state index contributed by atoms with van der Waals surface area (Å²) >= 11 is 6.14. The van der Waals surface area contributed by atoms with Gasteiger partial charge in [-0.1, -0.05) is 44.7 Å². The Labute approximate surface area is 148 Å². The van der Waals surface area contributed by atoms with Crippen LogP contribution < -0.4 is 10.6 Å². The van der Waals surface area contributed by atoms with Gasteiger partial charge < -0.3 is 15.6 Å². The summed E-state index contributed by atoms with van der Waals surface area (Å²) in [4.78, 5) is 15.5. The topological polar surface area (TPSA) is 56.9 Å². The molecule has 1 saturated carbocycles. The Bertz CT molecular complexity index is 716. The van der Waals surface area contributed by atoms with Crippen molar-refractivity contribution in [3.8, 4) is 0 Å². The highest BCUT2D eigenvalue weighted by Crippen LogP contribution is 2.31. The highest BCUT2D eigenvalue weighted by Gasteiger charge is 2.25. The van der Waals surface area contributed by atoms with Gasteiger partial charge in [-0.15, -0.1) is 0 Å². The quantitative estimate of drug-likeness (QED) is 0.735. The molecule has 0 radical (unpaired) electrons. The van der Waals surface area contributed by atoms with Gasteiger partial charge in [0, 0.05) is 40.1 Å². The van der Waals surface area contributed by atoms with Gasteiger partial charge in [0.25, 0.3) is 0 Å². The minimum absolute atomic E-state index is 0.0622. The Morgan fingerprint density at radius 3 is 2.79 bits per heavy atom. The third-order valence-electron chi connectivity index (χ3n) is 5.00. The number of carbonyl (C=O) groups is 1. The first-order chi connectivity index (χ1) is 11.5. The second kappa shape index (κ2) is 7.06. The number of aromatic amines is 1. The molecular weight excluding hydrogens is 322 g/mol. The molecule has 3 rings (SSSR count). The summed E-state index contributed by atoms with van der Waals surface area (Å²) in [6.07, 6.45) is 7.92. The number of nitrogens with one attached hydrogen (secondary N) is 3. The van der Waals surface area contributed by atoms with Crippen LogP contribution >= 0.6 is 11.6 Å². The van der Waals surface area contributed by atoms with Gasteiger partial charge in [0.2, 0.25) is 0 Å². The van der Waals surface area contributed by atoms with E-state index in [9.17, 15) is 4.79 Å². The second-order valence-corrected chi connectivity index (χ2v) is 7.87. The van der Waals surface area contributed by atoms with Gasteiger partial charge in [-0.25, -0.2) is 4.79 Å². The third kappa shape index (κ3) is 3.86. The van der Waals surface area contributed by atoms with E-state index in [0.717, 1.165) is 34.3 Å². The summed E-state index contributed by atoms with van der Waals surface area (Å²) < 4.78 is 0. The molecule has 2 aromatic rings. The number of carbonyl (C=O) groups excluding carboxylic acids is 1. The maximum Gasteiger partial charge on any atom is 0.315 e. The van der Waals surface area contributed by atoms with Gasteiger partial charge >= 0.3 is 6.03 Å². The number of hydrogen-bond donors (Lipinski definition) is 3. The van der Waals surface area contributed by atoms with Crippen LogP contribution in [0.4, 0.5) is 4.79 Å². The molecule has 3 N–H and O–H groups in total. The number of halogens is 1. The van der Waals surface area contributed by atoms with E-state index in [1.807, 2.05) is 24.4 Å². The number of amides is 2. The highest BCUT2D eigenvalue weighted by molar-refractivity contribution is 6.31. The van der Waals surface area contributed by atoms with E-state index in [1.54, 1.807) is 0 Å². The molecule has 1 aliphatic rings. The maximum absolute atomic E-state index is 12.2. The number of H-pyrrole nitrogens is 1. The van der Waals surface area contributed by atoms with Gasteiger partial charge in [0.05, 0.1) is 0 Å². The predicted molar refractivity (Wildman–Crippen MR) is 99.7 cm³/mol. The normalized spacial score (nSPS) is 16.3. The summed E-state index contributed by atoms with van der Waals surface area (Å²) in [5.74, 6) is 0. The van der Waals surface area contributed by atoms with E-state index >= 15 is 0 Å². The maximum atomic E-state index is 12.2. The van der Waals surface area contributed by atoms with Crippen molar-refractivity contribution >= 4 is 28.5 Å². The monoisotopic (exact) mass is 347 g/mol. The molecule has 1 aromatic heterocycles. The van der Waals surface area contributed by atoms with Crippen molar-refractivity contribution in [2.45, 2.75) is 57.4 Å². The molecule has 0 aliphatic heterocycles. The van der Waals surface area contributed by atoms with E-state index in [4.69, 9.17) is 11.6 Å². The lowest BCUT2D eigenvalue weighted by molar-refractivity contribution is 0.230. The lowest BCUT2D eigenvalue weighted by Crippen LogP contribution is -2.46. The molecule has 2 amide bonds. The van der Waals surface area contributed by atoms with E-state index in [1.165, 1.54) is 19.3 Å². The fourth-order valence-electron chi connectivity index (χ4n) is 3.53. The van der Waals surface area contributed by atoms with Crippen molar-refractivity contribution in [3.05, 3.63) is 35.0 Å². The minimum atomic E-state index is -0.188. The van der Waals surface area contributed by atoms with Gasteiger partial charge in [-0.05, 0) is 36.6 Å². The summed E-state index contributed by atoms with van der Waals surface area (Å²) in [5.41, 5.74) is 2.04.